The monoisotopic (exact) mass is 367 g/mol. The number of nitrogens with one attached hydrogen (secondary N) is 1. The molecule has 0 bridgehead atoms. The van der Waals surface area contributed by atoms with E-state index in [-0.39, 0.29) is 0 Å². The molecule has 0 saturated carbocycles. The van der Waals surface area contributed by atoms with Gasteiger partial charge in [0, 0.05) is 40.0 Å². The normalized spacial score (nSPS) is 11.0. The number of rotatable bonds is 3. The Kier molecular flexibility index (Phi) is 4.07. The predicted molar refractivity (Wildman–Crippen MR) is 103 cm³/mol. The van der Waals surface area contributed by atoms with Gasteiger partial charge in [-0.2, -0.15) is 0 Å². The lowest BCUT2D eigenvalue weighted by molar-refractivity contribution is 1.21. The van der Waals surface area contributed by atoms with Gasteiger partial charge in [-0.05, 0) is 32.0 Å². The third-order valence-corrected chi connectivity index (χ3v) is 4.77. The van der Waals surface area contributed by atoms with Crippen LogP contribution in [0.5, 0.6) is 0 Å². The highest BCUT2D eigenvalue weighted by Crippen LogP contribution is 2.32. The third-order valence-electron chi connectivity index (χ3n) is 3.78. The first-order chi connectivity index (χ1) is 12.1. The standard InChI is InChI=1S/C18H14ClN5S/c1-10-3-5-13-14(12-4-6-15(19)20-7-12)8-21-18(17(13)22-10)24-16-9-25-11(2)23-16/h3-9H,1-2H3,(H,21,24). The van der Waals surface area contributed by atoms with E-state index in [2.05, 4.69) is 31.3 Å². The van der Waals surface area contributed by atoms with Gasteiger partial charge in [-0.1, -0.05) is 17.7 Å². The van der Waals surface area contributed by atoms with Crippen molar-refractivity contribution in [2.45, 2.75) is 13.8 Å². The van der Waals surface area contributed by atoms with Crippen molar-refractivity contribution in [1.29, 1.82) is 0 Å². The zero-order valence-electron chi connectivity index (χ0n) is 13.6. The summed E-state index contributed by atoms with van der Waals surface area (Å²) in [6.45, 7) is 3.94. The maximum Gasteiger partial charge on any atom is 0.158 e. The number of fused-ring (bicyclic) bond motifs is 1. The molecular weight excluding hydrogens is 354 g/mol. The summed E-state index contributed by atoms with van der Waals surface area (Å²) in [4.78, 5) is 17.9. The first-order valence-electron chi connectivity index (χ1n) is 7.67. The average Bonchev–Trinajstić information content (AvgIpc) is 3.01. The second-order valence-corrected chi connectivity index (χ2v) is 7.07. The Morgan fingerprint density at radius 1 is 1.00 bits per heavy atom. The number of hydrogen-bond donors (Lipinski definition) is 1. The number of thiazole rings is 1. The van der Waals surface area contributed by atoms with Crippen LogP contribution in [0.2, 0.25) is 5.15 Å². The summed E-state index contributed by atoms with van der Waals surface area (Å²) in [6, 6.07) is 7.75. The molecule has 4 rings (SSSR count). The minimum atomic E-state index is 0.465. The minimum absolute atomic E-state index is 0.465. The Balaban J connectivity index is 1.87. The summed E-state index contributed by atoms with van der Waals surface area (Å²) in [6.07, 6.45) is 3.57. The van der Waals surface area contributed by atoms with E-state index in [4.69, 9.17) is 11.6 Å². The van der Waals surface area contributed by atoms with E-state index in [0.717, 1.165) is 38.5 Å². The lowest BCUT2D eigenvalue weighted by atomic mass is 10.0. The van der Waals surface area contributed by atoms with Gasteiger partial charge in [-0.25, -0.2) is 19.9 Å². The molecule has 0 saturated heterocycles. The molecule has 0 fully saturated rings. The molecule has 124 valence electrons. The van der Waals surface area contributed by atoms with Gasteiger partial charge in [0.15, 0.2) is 5.82 Å². The topological polar surface area (TPSA) is 63.6 Å². The van der Waals surface area contributed by atoms with Gasteiger partial charge in [0.1, 0.15) is 16.5 Å². The third kappa shape index (κ3) is 3.18. The Hall–Kier alpha value is -2.57. The largest absolute Gasteiger partial charge is 0.322 e. The SMILES string of the molecule is Cc1ccc2c(-c3ccc(Cl)nc3)cnc(Nc3csc(C)n3)c2n1. The van der Waals surface area contributed by atoms with Crippen LogP contribution in [0.3, 0.4) is 0 Å². The molecule has 0 amide bonds. The molecular formula is C18H14ClN5S. The van der Waals surface area contributed by atoms with Crippen LogP contribution >= 0.6 is 22.9 Å². The van der Waals surface area contributed by atoms with E-state index >= 15 is 0 Å². The van der Waals surface area contributed by atoms with E-state index in [9.17, 15) is 0 Å². The molecule has 4 aromatic heterocycles. The number of aryl methyl sites for hydroxylation is 2. The molecule has 0 aliphatic rings. The van der Waals surface area contributed by atoms with E-state index in [1.807, 2.05) is 37.6 Å². The molecule has 0 atom stereocenters. The number of anilines is 2. The number of aromatic nitrogens is 4. The zero-order chi connectivity index (χ0) is 17.4. The maximum absolute atomic E-state index is 5.90. The van der Waals surface area contributed by atoms with Crippen molar-refractivity contribution in [2.24, 2.45) is 0 Å². The number of nitrogens with zero attached hydrogens (tertiary/aromatic N) is 4. The Labute approximate surface area is 153 Å². The number of hydrogen-bond acceptors (Lipinski definition) is 6. The molecule has 4 aromatic rings. The Bertz CT molecular complexity index is 1060. The zero-order valence-corrected chi connectivity index (χ0v) is 15.2. The highest BCUT2D eigenvalue weighted by Gasteiger charge is 2.12. The van der Waals surface area contributed by atoms with Crippen molar-refractivity contribution in [3.8, 4) is 11.1 Å². The second kappa shape index (κ2) is 6.38. The van der Waals surface area contributed by atoms with Crippen LogP contribution in [0, 0.1) is 13.8 Å². The van der Waals surface area contributed by atoms with E-state index in [1.54, 1.807) is 23.6 Å². The van der Waals surface area contributed by atoms with Gasteiger partial charge >= 0.3 is 0 Å². The Morgan fingerprint density at radius 3 is 2.60 bits per heavy atom. The lowest BCUT2D eigenvalue weighted by Gasteiger charge is -2.11. The quantitative estimate of drug-likeness (QED) is 0.506. The van der Waals surface area contributed by atoms with Crippen molar-refractivity contribution < 1.29 is 0 Å². The highest BCUT2D eigenvalue weighted by atomic mass is 35.5. The first-order valence-corrected chi connectivity index (χ1v) is 8.93. The fourth-order valence-electron chi connectivity index (χ4n) is 2.61. The van der Waals surface area contributed by atoms with Gasteiger partial charge in [0.2, 0.25) is 0 Å². The molecule has 4 heterocycles. The average molecular weight is 368 g/mol. The van der Waals surface area contributed by atoms with Crippen LogP contribution in [-0.2, 0) is 0 Å². The van der Waals surface area contributed by atoms with Crippen LogP contribution in [0.25, 0.3) is 22.0 Å². The van der Waals surface area contributed by atoms with Crippen molar-refractivity contribution in [2.75, 3.05) is 5.32 Å². The summed E-state index contributed by atoms with van der Waals surface area (Å²) >= 11 is 7.49. The van der Waals surface area contributed by atoms with Crippen molar-refractivity contribution in [1.82, 2.24) is 19.9 Å². The van der Waals surface area contributed by atoms with Gasteiger partial charge < -0.3 is 5.32 Å². The maximum atomic E-state index is 5.90. The molecule has 0 aromatic carbocycles. The van der Waals surface area contributed by atoms with Crippen molar-refractivity contribution in [3.05, 3.63) is 57.9 Å². The van der Waals surface area contributed by atoms with Crippen molar-refractivity contribution in [3.63, 3.8) is 0 Å². The fourth-order valence-corrected chi connectivity index (χ4v) is 3.27. The summed E-state index contributed by atoms with van der Waals surface area (Å²) in [7, 11) is 0. The molecule has 25 heavy (non-hydrogen) atoms. The lowest BCUT2D eigenvalue weighted by Crippen LogP contribution is -1.99. The van der Waals surface area contributed by atoms with E-state index < -0.39 is 0 Å². The molecule has 0 aliphatic carbocycles. The van der Waals surface area contributed by atoms with Crippen LogP contribution in [0.15, 0.2) is 42.0 Å². The van der Waals surface area contributed by atoms with Crippen LogP contribution in [0.1, 0.15) is 10.7 Å². The predicted octanol–water partition coefficient (Wildman–Crippen LogP) is 5.16. The van der Waals surface area contributed by atoms with Crippen LogP contribution in [-0.4, -0.2) is 19.9 Å². The molecule has 0 aliphatic heterocycles. The minimum Gasteiger partial charge on any atom is -0.322 e. The van der Waals surface area contributed by atoms with E-state index in [0.29, 0.717) is 11.0 Å². The van der Waals surface area contributed by atoms with Gasteiger partial charge in [0.25, 0.3) is 0 Å². The molecule has 7 heteroatoms. The highest BCUT2D eigenvalue weighted by molar-refractivity contribution is 7.09. The molecule has 1 N–H and O–H groups in total. The van der Waals surface area contributed by atoms with Gasteiger partial charge in [-0.3, -0.25) is 0 Å². The number of halogens is 1. The van der Waals surface area contributed by atoms with Gasteiger partial charge in [0.05, 0.1) is 5.01 Å². The first kappa shape index (κ1) is 15.9. The number of pyridine rings is 3. The van der Waals surface area contributed by atoms with Crippen molar-refractivity contribution >= 4 is 45.5 Å². The second-order valence-electron chi connectivity index (χ2n) is 5.62. The summed E-state index contributed by atoms with van der Waals surface area (Å²) in [5, 5.41) is 7.70. The molecule has 0 spiro atoms. The Morgan fingerprint density at radius 2 is 1.88 bits per heavy atom. The molecule has 5 nitrogen and oxygen atoms in total. The van der Waals surface area contributed by atoms with Crippen LogP contribution < -0.4 is 5.32 Å². The summed E-state index contributed by atoms with van der Waals surface area (Å²) in [5.74, 6) is 1.47. The molecule has 0 radical (unpaired) electrons. The molecule has 0 unspecified atom stereocenters. The van der Waals surface area contributed by atoms with Crippen LogP contribution in [0.4, 0.5) is 11.6 Å². The fraction of sp³-hybridized carbons (Fsp3) is 0.111. The van der Waals surface area contributed by atoms with E-state index in [1.165, 1.54) is 0 Å². The summed E-state index contributed by atoms with van der Waals surface area (Å²) in [5.41, 5.74) is 3.64. The smallest absolute Gasteiger partial charge is 0.158 e. The van der Waals surface area contributed by atoms with Gasteiger partial charge in [-0.15, -0.1) is 11.3 Å². The summed E-state index contributed by atoms with van der Waals surface area (Å²) < 4.78 is 0.